The number of ether oxygens (including phenoxy) is 1. The van der Waals surface area contributed by atoms with Crippen LogP contribution < -0.4 is 10.2 Å². The van der Waals surface area contributed by atoms with Crippen LogP contribution in [0.3, 0.4) is 0 Å². The maximum absolute atomic E-state index is 5.57. The summed E-state index contributed by atoms with van der Waals surface area (Å²) < 4.78 is 7.60. The number of rotatable bonds is 5. The van der Waals surface area contributed by atoms with Crippen molar-refractivity contribution in [3.8, 4) is 0 Å². The number of nitrogens with one attached hydrogen (secondary N) is 1. The van der Waals surface area contributed by atoms with E-state index in [4.69, 9.17) is 9.72 Å². The maximum atomic E-state index is 5.57. The van der Waals surface area contributed by atoms with E-state index >= 15 is 0 Å². The quantitative estimate of drug-likeness (QED) is 0.912. The molecule has 0 aliphatic carbocycles. The standard InChI is InChI=1S/C15H23N5O/c1-3-16-13-10-20-7-6-17-14(20)15(18-13)19(2)9-12-5-4-8-21-11-12/h6-7,10,12,16H,3-5,8-9,11H2,1-2H3. The first-order valence-corrected chi connectivity index (χ1v) is 7.64. The Balaban J connectivity index is 1.84. The summed E-state index contributed by atoms with van der Waals surface area (Å²) >= 11 is 0. The fraction of sp³-hybridized carbons (Fsp3) is 0.600. The number of imidazole rings is 1. The van der Waals surface area contributed by atoms with E-state index in [0.717, 1.165) is 50.0 Å². The first-order valence-electron chi connectivity index (χ1n) is 7.64. The molecule has 6 heteroatoms. The smallest absolute Gasteiger partial charge is 0.180 e. The van der Waals surface area contributed by atoms with Gasteiger partial charge in [-0.05, 0) is 25.7 Å². The van der Waals surface area contributed by atoms with Gasteiger partial charge in [0.2, 0.25) is 0 Å². The molecular weight excluding hydrogens is 266 g/mol. The highest BCUT2D eigenvalue weighted by atomic mass is 16.5. The van der Waals surface area contributed by atoms with Gasteiger partial charge >= 0.3 is 0 Å². The van der Waals surface area contributed by atoms with Crippen LogP contribution in [-0.4, -0.2) is 47.7 Å². The Kier molecular flexibility index (Phi) is 4.24. The summed E-state index contributed by atoms with van der Waals surface area (Å²) in [7, 11) is 2.08. The van der Waals surface area contributed by atoms with Gasteiger partial charge in [-0.1, -0.05) is 0 Å². The van der Waals surface area contributed by atoms with E-state index < -0.39 is 0 Å². The van der Waals surface area contributed by atoms with E-state index in [1.807, 2.05) is 23.0 Å². The van der Waals surface area contributed by atoms with Crippen molar-refractivity contribution in [2.75, 3.05) is 43.6 Å². The summed E-state index contributed by atoms with van der Waals surface area (Å²) in [6, 6.07) is 0. The second-order valence-corrected chi connectivity index (χ2v) is 5.60. The molecule has 1 unspecified atom stereocenters. The van der Waals surface area contributed by atoms with Crippen molar-refractivity contribution in [1.29, 1.82) is 0 Å². The molecule has 0 radical (unpaired) electrons. The average Bonchev–Trinajstić information content (AvgIpc) is 2.96. The first kappa shape index (κ1) is 14.1. The van der Waals surface area contributed by atoms with E-state index in [2.05, 4.69) is 29.2 Å². The van der Waals surface area contributed by atoms with Crippen LogP contribution >= 0.6 is 0 Å². The monoisotopic (exact) mass is 289 g/mol. The van der Waals surface area contributed by atoms with E-state index in [1.165, 1.54) is 6.42 Å². The molecule has 6 nitrogen and oxygen atoms in total. The summed E-state index contributed by atoms with van der Waals surface area (Å²) in [4.78, 5) is 11.3. The van der Waals surface area contributed by atoms with Crippen LogP contribution in [0.2, 0.25) is 0 Å². The molecule has 1 aliphatic rings. The van der Waals surface area contributed by atoms with Gasteiger partial charge in [-0.15, -0.1) is 0 Å². The molecule has 0 spiro atoms. The Labute approximate surface area is 125 Å². The molecule has 114 valence electrons. The van der Waals surface area contributed by atoms with E-state index in [0.29, 0.717) is 5.92 Å². The fourth-order valence-corrected chi connectivity index (χ4v) is 2.86. The fourth-order valence-electron chi connectivity index (χ4n) is 2.86. The molecule has 1 N–H and O–H groups in total. The molecule has 0 bridgehead atoms. The number of hydrogen-bond donors (Lipinski definition) is 1. The molecule has 1 aliphatic heterocycles. The lowest BCUT2D eigenvalue weighted by atomic mass is 10.0. The summed E-state index contributed by atoms with van der Waals surface area (Å²) in [5, 5.41) is 3.28. The highest BCUT2D eigenvalue weighted by molar-refractivity contribution is 5.66. The minimum atomic E-state index is 0.573. The zero-order valence-electron chi connectivity index (χ0n) is 12.7. The maximum Gasteiger partial charge on any atom is 0.180 e. The third kappa shape index (κ3) is 3.10. The van der Waals surface area contributed by atoms with Crippen LogP contribution in [0.4, 0.5) is 11.6 Å². The minimum Gasteiger partial charge on any atom is -0.381 e. The number of hydrogen-bond acceptors (Lipinski definition) is 5. The van der Waals surface area contributed by atoms with Gasteiger partial charge < -0.3 is 19.4 Å². The van der Waals surface area contributed by atoms with Crippen LogP contribution in [0.15, 0.2) is 18.6 Å². The third-order valence-electron chi connectivity index (χ3n) is 3.86. The number of nitrogens with zero attached hydrogens (tertiary/aromatic N) is 4. The second-order valence-electron chi connectivity index (χ2n) is 5.60. The largest absolute Gasteiger partial charge is 0.381 e. The van der Waals surface area contributed by atoms with E-state index in [1.54, 1.807) is 0 Å². The molecule has 2 aromatic heterocycles. The SMILES string of the molecule is CCNc1cn2ccnc2c(N(C)CC2CCCOC2)n1. The van der Waals surface area contributed by atoms with Crippen LogP contribution in [0.25, 0.3) is 5.65 Å². The third-order valence-corrected chi connectivity index (χ3v) is 3.86. The highest BCUT2D eigenvalue weighted by Crippen LogP contribution is 2.22. The zero-order valence-corrected chi connectivity index (χ0v) is 12.7. The first-order chi connectivity index (χ1) is 10.3. The van der Waals surface area contributed by atoms with Crippen LogP contribution in [-0.2, 0) is 4.74 Å². The van der Waals surface area contributed by atoms with Gasteiger partial charge in [0.05, 0.1) is 12.8 Å². The Morgan fingerprint density at radius 1 is 1.52 bits per heavy atom. The average molecular weight is 289 g/mol. The molecule has 3 rings (SSSR count). The molecule has 1 fully saturated rings. The van der Waals surface area contributed by atoms with Gasteiger partial charge in [0.1, 0.15) is 5.82 Å². The molecule has 1 atom stereocenters. The Bertz CT molecular complexity index is 591. The lowest BCUT2D eigenvalue weighted by Gasteiger charge is -2.28. The molecular formula is C15H23N5O. The number of anilines is 2. The molecule has 3 heterocycles. The van der Waals surface area contributed by atoms with Crippen LogP contribution in [0.5, 0.6) is 0 Å². The predicted octanol–water partition coefficient (Wildman–Crippen LogP) is 2.02. The molecule has 0 amide bonds. The normalized spacial score (nSPS) is 18.9. The Hall–Kier alpha value is -1.82. The van der Waals surface area contributed by atoms with Crippen LogP contribution in [0.1, 0.15) is 19.8 Å². The number of fused-ring (bicyclic) bond motifs is 1. The lowest BCUT2D eigenvalue weighted by molar-refractivity contribution is 0.0576. The predicted molar refractivity (Wildman–Crippen MR) is 84.0 cm³/mol. The highest BCUT2D eigenvalue weighted by Gasteiger charge is 2.19. The van der Waals surface area contributed by atoms with Crippen molar-refractivity contribution in [3.63, 3.8) is 0 Å². The van der Waals surface area contributed by atoms with Crippen molar-refractivity contribution in [3.05, 3.63) is 18.6 Å². The van der Waals surface area contributed by atoms with Crippen molar-refractivity contribution < 1.29 is 4.74 Å². The molecule has 0 aromatic carbocycles. The Morgan fingerprint density at radius 3 is 3.19 bits per heavy atom. The summed E-state index contributed by atoms with van der Waals surface area (Å²) in [6.07, 6.45) is 8.13. The number of aromatic nitrogens is 3. The van der Waals surface area contributed by atoms with Gasteiger partial charge in [0.15, 0.2) is 11.5 Å². The van der Waals surface area contributed by atoms with Gasteiger partial charge in [-0.25, -0.2) is 9.97 Å². The molecule has 2 aromatic rings. The van der Waals surface area contributed by atoms with Crippen LogP contribution in [0, 0.1) is 5.92 Å². The summed E-state index contributed by atoms with van der Waals surface area (Å²) in [5.41, 5.74) is 0.899. The Morgan fingerprint density at radius 2 is 2.43 bits per heavy atom. The van der Waals surface area contributed by atoms with E-state index in [9.17, 15) is 0 Å². The lowest BCUT2D eigenvalue weighted by Crippen LogP contribution is -2.31. The van der Waals surface area contributed by atoms with E-state index in [-0.39, 0.29) is 0 Å². The summed E-state index contributed by atoms with van der Waals surface area (Å²) in [6.45, 7) is 5.63. The minimum absolute atomic E-state index is 0.573. The summed E-state index contributed by atoms with van der Waals surface area (Å²) in [5.74, 6) is 2.37. The second kappa shape index (κ2) is 6.30. The van der Waals surface area contributed by atoms with Crippen molar-refractivity contribution in [2.24, 2.45) is 5.92 Å². The van der Waals surface area contributed by atoms with Crippen molar-refractivity contribution in [1.82, 2.24) is 14.4 Å². The zero-order chi connectivity index (χ0) is 14.7. The van der Waals surface area contributed by atoms with Crippen molar-refractivity contribution in [2.45, 2.75) is 19.8 Å². The van der Waals surface area contributed by atoms with Crippen molar-refractivity contribution >= 4 is 17.3 Å². The molecule has 1 saturated heterocycles. The molecule has 0 saturated carbocycles. The van der Waals surface area contributed by atoms with Gasteiger partial charge in [-0.3, -0.25) is 0 Å². The van der Waals surface area contributed by atoms with Gasteiger partial charge in [-0.2, -0.15) is 0 Å². The van der Waals surface area contributed by atoms with Gasteiger partial charge in [0.25, 0.3) is 0 Å². The van der Waals surface area contributed by atoms with Gasteiger partial charge in [0, 0.05) is 39.1 Å². The topological polar surface area (TPSA) is 54.7 Å². The molecule has 21 heavy (non-hydrogen) atoms.